The molecule has 1 fully saturated rings. The van der Waals surface area contributed by atoms with E-state index in [0.717, 1.165) is 5.92 Å². The lowest BCUT2D eigenvalue weighted by Gasteiger charge is -2.01. The van der Waals surface area contributed by atoms with E-state index in [0.29, 0.717) is 0 Å². The molecule has 0 heterocycles. The first kappa shape index (κ1) is 13.7. The molecule has 1 saturated carbocycles. The number of fused-ring (bicyclic) bond motifs is 2. The van der Waals surface area contributed by atoms with Gasteiger partial charge in [0.05, 0.1) is 0 Å². The van der Waals surface area contributed by atoms with E-state index >= 15 is 0 Å². The number of hydrogen-bond acceptors (Lipinski definition) is 3. The lowest BCUT2D eigenvalue weighted by Crippen LogP contribution is -2.31. The molecule has 0 radical (unpaired) electrons. The van der Waals surface area contributed by atoms with Crippen molar-refractivity contribution in [2.45, 2.75) is 44.6 Å². The summed E-state index contributed by atoms with van der Waals surface area (Å²) in [6.45, 7) is 0. The molecule has 2 atom stereocenters. The summed E-state index contributed by atoms with van der Waals surface area (Å²) in [5, 5.41) is 8.22. The standard InChI is InChI=1S/C7H10.C5H10N2O3/c1-2-7-4-3-6(1)5-7;6-3(5(9)10)1-2-4(7)8/h1,7H,2-5H2;3H,1-2,6H2,(H2,7,8)(H,9,10). The highest BCUT2D eigenvalue weighted by Gasteiger charge is 2.22. The van der Waals surface area contributed by atoms with E-state index < -0.39 is 17.9 Å². The molecule has 2 aliphatic rings. The van der Waals surface area contributed by atoms with E-state index in [4.69, 9.17) is 16.6 Å². The molecule has 96 valence electrons. The number of primary amides is 1. The van der Waals surface area contributed by atoms with Crippen molar-refractivity contribution in [1.29, 1.82) is 0 Å². The van der Waals surface area contributed by atoms with Gasteiger partial charge in [-0.2, -0.15) is 0 Å². The summed E-state index contributed by atoms with van der Waals surface area (Å²) < 4.78 is 0. The first-order valence-electron chi connectivity index (χ1n) is 5.93. The number of amides is 1. The smallest absolute Gasteiger partial charge is 0.320 e. The first-order chi connectivity index (χ1) is 7.99. The van der Waals surface area contributed by atoms with Crippen LogP contribution in [0.15, 0.2) is 11.6 Å². The lowest BCUT2D eigenvalue weighted by atomic mass is 10.1. The highest BCUT2D eigenvalue weighted by molar-refractivity contribution is 5.76. The van der Waals surface area contributed by atoms with Gasteiger partial charge in [-0.05, 0) is 38.0 Å². The van der Waals surface area contributed by atoms with E-state index in [2.05, 4.69) is 6.08 Å². The van der Waals surface area contributed by atoms with E-state index in [9.17, 15) is 9.59 Å². The number of allylic oxidation sites excluding steroid dienone is 2. The molecule has 0 spiro atoms. The van der Waals surface area contributed by atoms with Crippen LogP contribution in [0.2, 0.25) is 0 Å². The third-order valence-electron chi connectivity index (χ3n) is 3.18. The maximum absolute atomic E-state index is 10.1. The van der Waals surface area contributed by atoms with Crippen molar-refractivity contribution in [2.75, 3.05) is 0 Å². The molecule has 0 saturated heterocycles. The first-order valence-corrected chi connectivity index (χ1v) is 5.93. The summed E-state index contributed by atoms with van der Waals surface area (Å²) >= 11 is 0. The number of carbonyl (C=O) groups is 2. The summed E-state index contributed by atoms with van der Waals surface area (Å²) in [7, 11) is 0. The number of rotatable bonds is 4. The average Bonchev–Trinajstić information content (AvgIpc) is 2.90. The molecule has 2 bridgehead atoms. The maximum atomic E-state index is 10.1. The summed E-state index contributed by atoms with van der Waals surface area (Å²) in [6, 6.07) is -0.979. The Morgan fingerprint density at radius 1 is 1.53 bits per heavy atom. The van der Waals surface area contributed by atoms with Gasteiger partial charge in [0.15, 0.2) is 0 Å². The Bertz CT molecular complexity index is 326. The summed E-state index contributed by atoms with van der Waals surface area (Å²) in [6.07, 6.45) is 8.30. The van der Waals surface area contributed by atoms with Crippen molar-refractivity contribution in [2.24, 2.45) is 17.4 Å². The van der Waals surface area contributed by atoms with E-state index in [1.807, 2.05) is 0 Å². The van der Waals surface area contributed by atoms with Crippen LogP contribution in [-0.2, 0) is 9.59 Å². The second-order valence-electron chi connectivity index (χ2n) is 4.66. The zero-order chi connectivity index (χ0) is 12.8. The van der Waals surface area contributed by atoms with Crippen LogP contribution in [0.5, 0.6) is 0 Å². The largest absolute Gasteiger partial charge is 0.480 e. The van der Waals surface area contributed by atoms with Crippen molar-refractivity contribution in [3.05, 3.63) is 11.6 Å². The minimum absolute atomic E-state index is 0.0213. The summed E-state index contributed by atoms with van der Waals surface area (Å²) in [5.41, 5.74) is 11.6. The number of carboxylic acid groups (broad SMARTS) is 1. The third-order valence-corrected chi connectivity index (χ3v) is 3.18. The predicted octanol–water partition coefficient (Wildman–Crippen LogP) is 0.780. The molecule has 0 aliphatic heterocycles. The second-order valence-corrected chi connectivity index (χ2v) is 4.66. The molecule has 5 heteroatoms. The third kappa shape index (κ3) is 4.99. The topological polar surface area (TPSA) is 106 Å². The van der Waals surface area contributed by atoms with Crippen molar-refractivity contribution in [1.82, 2.24) is 0 Å². The molecule has 2 aliphatic carbocycles. The lowest BCUT2D eigenvalue weighted by molar-refractivity contribution is -0.138. The number of carboxylic acids is 1. The molecule has 2 rings (SSSR count). The molecule has 0 aromatic carbocycles. The van der Waals surface area contributed by atoms with Crippen LogP contribution in [0.3, 0.4) is 0 Å². The average molecular weight is 240 g/mol. The summed E-state index contributed by atoms with van der Waals surface area (Å²) in [4.78, 5) is 20.1. The van der Waals surface area contributed by atoms with Gasteiger partial charge in [0.1, 0.15) is 6.04 Å². The molecule has 5 nitrogen and oxygen atoms in total. The molecule has 0 aromatic heterocycles. The number of hydrogen-bond donors (Lipinski definition) is 3. The van der Waals surface area contributed by atoms with E-state index in [1.165, 1.54) is 25.7 Å². The fourth-order valence-corrected chi connectivity index (χ4v) is 2.11. The Kier molecular flexibility index (Phi) is 5.15. The van der Waals surface area contributed by atoms with Crippen LogP contribution in [0.25, 0.3) is 0 Å². The van der Waals surface area contributed by atoms with Crippen molar-refractivity contribution in [3.8, 4) is 0 Å². The molecule has 0 aromatic rings. The van der Waals surface area contributed by atoms with Gasteiger partial charge in [-0.25, -0.2) is 0 Å². The Hall–Kier alpha value is -1.36. The fraction of sp³-hybridized carbons (Fsp3) is 0.667. The van der Waals surface area contributed by atoms with Gasteiger partial charge in [-0.1, -0.05) is 11.6 Å². The molecule has 2 unspecified atom stereocenters. The number of aliphatic carboxylic acids is 1. The van der Waals surface area contributed by atoms with E-state index in [-0.39, 0.29) is 12.8 Å². The Morgan fingerprint density at radius 3 is 2.47 bits per heavy atom. The minimum Gasteiger partial charge on any atom is -0.480 e. The van der Waals surface area contributed by atoms with Gasteiger partial charge < -0.3 is 16.6 Å². The monoisotopic (exact) mass is 240 g/mol. The van der Waals surface area contributed by atoms with Gasteiger partial charge in [0.2, 0.25) is 5.91 Å². The molecular weight excluding hydrogens is 220 g/mol. The quantitative estimate of drug-likeness (QED) is 0.631. The normalized spacial score (nSPS) is 22.4. The van der Waals surface area contributed by atoms with Gasteiger partial charge in [0.25, 0.3) is 0 Å². The maximum Gasteiger partial charge on any atom is 0.320 e. The predicted molar refractivity (Wildman–Crippen MR) is 64.1 cm³/mol. The highest BCUT2D eigenvalue weighted by Crippen LogP contribution is 2.38. The van der Waals surface area contributed by atoms with Crippen LogP contribution >= 0.6 is 0 Å². The van der Waals surface area contributed by atoms with Crippen LogP contribution < -0.4 is 11.5 Å². The van der Waals surface area contributed by atoms with Gasteiger partial charge in [0, 0.05) is 6.42 Å². The van der Waals surface area contributed by atoms with Crippen LogP contribution in [0, 0.1) is 5.92 Å². The molecular formula is C12H20N2O3. The van der Waals surface area contributed by atoms with E-state index in [1.54, 1.807) is 5.57 Å². The molecule has 17 heavy (non-hydrogen) atoms. The van der Waals surface area contributed by atoms with Gasteiger partial charge >= 0.3 is 5.97 Å². The fourth-order valence-electron chi connectivity index (χ4n) is 2.11. The van der Waals surface area contributed by atoms with Crippen LogP contribution in [0.1, 0.15) is 38.5 Å². The summed E-state index contributed by atoms with van der Waals surface area (Å²) in [5.74, 6) is -0.562. The zero-order valence-corrected chi connectivity index (χ0v) is 9.89. The highest BCUT2D eigenvalue weighted by atomic mass is 16.4. The molecule has 1 amide bonds. The second kappa shape index (κ2) is 6.39. The minimum atomic E-state index is -1.11. The Balaban J connectivity index is 0.000000177. The van der Waals surface area contributed by atoms with Crippen LogP contribution in [0.4, 0.5) is 0 Å². The number of nitrogens with two attached hydrogens (primary N) is 2. The molecule has 5 N–H and O–H groups in total. The van der Waals surface area contributed by atoms with Gasteiger partial charge in [-0.15, -0.1) is 0 Å². The zero-order valence-electron chi connectivity index (χ0n) is 9.89. The Morgan fingerprint density at radius 2 is 2.24 bits per heavy atom. The van der Waals surface area contributed by atoms with Gasteiger partial charge in [-0.3, -0.25) is 9.59 Å². The Labute approximate surface area is 101 Å². The van der Waals surface area contributed by atoms with Crippen LogP contribution in [-0.4, -0.2) is 23.0 Å². The van der Waals surface area contributed by atoms with Crippen molar-refractivity contribution in [3.63, 3.8) is 0 Å². The van der Waals surface area contributed by atoms with Crippen molar-refractivity contribution >= 4 is 11.9 Å². The SMILES string of the molecule is C1=C2CCC(C1)C2.NC(=O)CCC(N)C(=O)O. The van der Waals surface area contributed by atoms with Crippen molar-refractivity contribution < 1.29 is 14.7 Å². The number of carbonyl (C=O) groups excluding carboxylic acids is 1.